The highest BCUT2D eigenvalue weighted by molar-refractivity contribution is 9.10. The van der Waals surface area contributed by atoms with Gasteiger partial charge < -0.3 is 0 Å². The van der Waals surface area contributed by atoms with Gasteiger partial charge in [0.15, 0.2) is 9.84 Å². The molecule has 2 nitrogen and oxygen atoms in total. The summed E-state index contributed by atoms with van der Waals surface area (Å²) in [7, 11) is -3.03. The molecule has 100 valence electrons. The Balaban J connectivity index is 1.90. The van der Waals surface area contributed by atoms with Crippen LogP contribution in [-0.2, 0) is 9.84 Å². The Morgan fingerprint density at radius 2 is 1.95 bits per heavy atom. The quantitative estimate of drug-likeness (QED) is 0.774. The van der Waals surface area contributed by atoms with Crippen LogP contribution < -0.4 is 0 Å². The number of benzene rings is 1. The molecule has 1 aliphatic heterocycles. The van der Waals surface area contributed by atoms with E-state index in [-0.39, 0.29) is 11.0 Å². The number of rotatable bonds is 2. The van der Waals surface area contributed by atoms with Gasteiger partial charge in [0.25, 0.3) is 0 Å². The molecule has 0 spiro atoms. The van der Waals surface area contributed by atoms with Crippen LogP contribution >= 0.6 is 39.0 Å². The molecule has 1 atom stereocenters. The van der Waals surface area contributed by atoms with Gasteiger partial charge in [-0.1, -0.05) is 15.9 Å². The van der Waals surface area contributed by atoms with Crippen molar-refractivity contribution in [3.05, 3.63) is 45.7 Å². The van der Waals surface area contributed by atoms with Crippen molar-refractivity contribution in [2.24, 2.45) is 0 Å². The molecule has 1 aliphatic rings. The number of thiophene rings is 1. The topological polar surface area (TPSA) is 34.1 Å². The third kappa shape index (κ3) is 2.77. The van der Waals surface area contributed by atoms with Crippen LogP contribution in [0.25, 0.3) is 0 Å². The summed E-state index contributed by atoms with van der Waals surface area (Å²) < 4.78 is 25.6. The van der Waals surface area contributed by atoms with Crippen LogP contribution in [0.4, 0.5) is 0 Å². The van der Waals surface area contributed by atoms with Gasteiger partial charge in [-0.15, -0.1) is 23.1 Å². The zero-order valence-electron chi connectivity index (χ0n) is 9.87. The summed E-state index contributed by atoms with van der Waals surface area (Å²) in [6, 6.07) is 10.1. The highest BCUT2D eigenvalue weighted by atomic mass is 79.9. The molecule has 0 N–H and O–H groups in total. The molecule has 19 heavy (non-hydrogen) atoms. The Morgan fingerprint density at radius 1 is 1.21 bits per heavy atom. The normalized spacial score (nSPS) is 21.0. The molecule has 2 aromatic rings. The Morgan fingerprint density at radius 3 is 2.68 bits per heavy atom. The number of hydrogen-bond acceptors (Lipinski definition) is 4. The van der Waals surface area contributed by atoms with Crippen LogP contribution in [0.1, 0.15) is 17.2 Å². The molecule has 0 amide bonds. The van der Waals surface area contributed by atoms with E-state index in [4.69, 9.17) is 0 Å². The van der Waals surface area contributed by atoms with E-state index in [1.165, 1.54) is 16.2 Å². The number of halogens is 1. The SMILES string of the molecule is O=S1(=O)CC[C@H](Sc2ccc(Br)cc2)c2ccsc21. The molecule has 0 bridgehead atoms. The summed E-state index contributed by atoms with van der Waals surface area (Å²) in [5, 5.41) is 2.12. The first-order chi connectivity index (χ1) is 9.06. The molecule has 3 rings (SSSR count). The summed E-state index contributed by atoms with van der Waals surface area (Å²) in [6.45, 7) is 0. The molecule has 0 unspecified atom stereocenters. The van der Waals surface area contributed by atoms with Crippen molar-refractivity contribution in [3.63, 3.8) is 0 Å². The average Bonchev–Trinajstić information content (AvgIpc) is 2.86. The van der Waals surface area contributed by atoms with Crippen LogP contribution in [0.5, 0.6) is 0 Å². The summed E-state index contributed by atoms with van der Waals surface area (Å²) in [6.07, 6.45) is 0.687. The Hall–Kier alpha value is -0.300. The van der Waals surface area contributed by atoms with Gasteiger partial charge in [-0.2, -0.15) is 0 Å². The summed E-state index contributed by atoms with van der Waals surface area (Å²) >= 11 is 6.50. The van der Waals surface area contributed by atoms with E-state index >= 15 is 0 Å². The molecule has 2 heterocycles. The molecule has 0 fully saturated rings. The predicted octanol–water partition coefficient (Wildman–Crippen LogP) is 4.52. The molecule has 0 radical (unpaired) electrons. The first-order valence-electron chi connectivity index (χ1n) is 5.79. The van der Waals surface area contributed by atoms with E-state index in [1.54, 1.807) is 11.8 Å². The fourth-order valence-corrected chi connectivity index (χ4v) is 6.84. The third-order valence-electron chi connectivity index (χ3n) is 3.03. The second-order valence-electron chi connectivity index (χ2n) is 4.33. The second kappa shape index (κ2) is 5.24. The lowest BCUT2D eigenvalue weighted by Gasteiger charge is -2.22. The maximum Gasteiger partial charge on any atom is 0.188 e. The highest BCUT2D eigenvalue weighted by Crippen LogP contribution is 2.46. The van der Waals surface area contributed by atoms with E-state index in [9.17, 15) is 8.42 Å². The fourth-order valence-electron chi connectivity index (χ4n) is 2.11. The van der Waals surface area contributed by atoms with E-state index < -0.39 is 9.84 Å². The molecule has 0 saturated carbocycles. The Bertz CT molecular complexity index is 689. The van der Waals surface area contributed by atoms with E-state index in [2.05, 4.69) is 28.1 Å². The van der Waals surface area contributed by atoms with E-state index in [1.807, 2.05) is 23.6 Å². The molecule has 6 heteroatoms. The van der Waals surface area contributed by atoms with Gasteiger partial charge in [0.2, 0.25) is 0 Å². The molecule has 1 aromatic carbocycles. The minimum atomic E-state index is -3.03. The zero-order chi connectivity index (χ0) is 13.5. The van der Waals surface area contributed by atoms with Crippen molar-refractivity contribution >= 4 is 48.9 Å². The zero-order valence-corrected chi connectivity index (χ0v) is 13.9. The van der Waals surface area contributed by atoms with Gasteiger partial charge in [-0.3, -0.25) is 0 Å². The Kier molecular flexibility index (Phi) is 3.77. The van der Waals surface area contributed by atoms with Crippen molar-refractivity contribution in [1.82, 2.24) is 0 Å². The lowest BCUT2D eigenvalue weighted by Crippen LogP contribution is -2.16. The van der Waals surface area contributed by atoms with Crippen molar-refractivity contribution < 1.29 is 8.42 Å². The first kappa shape index (κ1) is 13.7. The number of sulfone groups is 1. The van der Waals surface area contributed by atoms with Crippen LogP contribution in [0.2, 0.25) is 0 Å². The molecular formula is C13H11BrO2S3. The van der Waals surface area contributed by atoms with E-state index in [0.29, 0.717) is 10.6 Å². The van der Waals surface area contributed by atoms with Crippen LogP contribution in [0.15, 0.2) is 49.3 Å². The fraction of sp³-hybridized carbons (Fsp3) is 0.231. The first-order valence-corrected chi connectivity index (χ1v) is 9.99. The Labute approximate surface area is 129 Å². The lowest BCUT2D eigenvalue weighted by atomic mass is 10.2. The summed E-state index contributed by atoms with van der Waals surface area (Å²) in [5.74, 6) is 0.259. The van der Waals surface area contributed by atoms with Gasteiger partial charge in [0.05, 0.1) is 5.75 Å². The maximum absolute atomic E-state index is 12.0. The van der Waals surface area contributed by atoms with Crippen molar-refractivity contribution in [2.45, 2.75) is 20.8 Å². The van der Waals surface area contributed by atoms with Gasteiger partial charge in [-0.25, -0.2) is 8.42 Å². The minimum absolute atomic E-state index is 0.242. The standard InChI is InChI=1S/C13H11BrO2S3/c14-9-1-3-10(4-2-9)18-12-6-8-19(15,16)13-11(12)5-7-17-13/h1-5,7,12H,6,8H2/t12-/m0/s1. The number of thioether (sulfide) groups is 1. The molecule has 0 aliphatic carbocycles. The number of hydrogen-bond donors (Lipinski definition) is 0. The molecule has 0 saturated heterocycles. The second-order valence-corrected chi connectivity index (χ2v) is 9.74. The van der Waals surface area contributed by atoms with Gasteiger partial charge in [-0.05, 0) is 47.7 Å². The molecular weight excluding hydrogens is 364 g/mol. The highest BCUT2D eigenvalue weighted by Gasteiger charge is 2.31. The smallest absolute Gasteiger partial charge is 0.188 e. The maximum atomic E-state index is 12.0. The summed E-state index contributed by atoms with van der Waals surface area (Å²) in [4.78, 5) is 1.17. The van der Waals surface area contributed by atoms with Crippen molar-refractivity contribution in [3.8, 4) is 0 Å². The largest absolute Gasteiger partial charge is 0.223 e. The van der Waals surface area contributed by atoms with Gasteiger partial charge >= 0.3 is 0 Å². The predicted molar refractivity (Wildman–Crippen MR) is 83.7 cm³/mol. The average molecular weight is 375 g/mol. The number of fused-ring (bicyclic) bond motifs is 1. The minimum Gasteiger partial charge on any atom is -0.223 e. The van der Waals surface area contributed by atoms with E-state index in [0.717, 1.165) is 10.0 Å². The lowest BCUT2D eigenvalue weighted by molar-refractivity contribution is 0.588. The van der Waals surface area contributed by atoms with Crippen LogP contribution in [0, 0.1) is 0 Å². The van der Waals surface area contributed by atoms with Crippen molar-refractivity contribution in [2.75, 3.05) is 5.75 Å². The van der Waals surface area contributed by atoms with Crippen molar-refractivity contribution in [1.29, 1.82) is 0 Å². The van der Waals surface area contributed by atoms with Crippen LogP contribution in [0.3, 0.4) is 0 Å². The third-order valence-corrected chi connectivity index (χ3v) is 8.22. The monoisotopic (exact) mass is 374 g/mol. The molecule has 1 aromatic heterocycles. The van der Waals surface area contributed by atoms with Gasteiger partial charge in [0, 0.05) is 14.6 Å². The van der Waals surface area contributed by atoms with Gasteiger partial charge in [0.1, 0.15) is 4.21 Å². The summed E-state index contributed by atoms with van der Waals surface area (Å²) in [5.41, 5.74) is 0.976. The van der Waals surface area contributed by atoms with Crippen LogP contribution in [-0.4, -0.2) is 14.2 Å².